The van der Waals surface area contributed by atoms with Gasteiger partial charge in [0, 0.05) is 12.2 Å². The summed E-state index contributed by atoms with van der Waals surface area (Å²) < 4.78 is 0. The molecule has 0 saturated heterocycles. The van der Waals surface area contributed by atoms with Crippen LogP contribution in [0.2, 0.25) is 0 Å². The fourth-order valence-corrected chi connectivity index (χ4v) is 1.99. The maximum Gasteiger partial charge on any atom is 0.312 e. The Kier molecular flexibility index (Phi) is 2.84. The Balaban J connectivity index is 2.44. The molecule has 1 unspecified atom stereocenters. The molecule has 2 rings (SSSR count). The molecular weight excluding hydrogens is 218 g/mol. The Morgan fingerprint density at radius 1 is 1.41 bits per heavy atom. The molecule has 1 amide bonds. The van der Waals surface area contributed by atoms with Crippen LogP contribution in [0, 0.1) is 11.8 Å². The van der Waals surface area contributed by atoms with E-state index in [0.29, 0.717) is 11.3 Å². The molecule has 1 aromatic rings. The lowest BCUT2D eigenvalue weighted by Crippen LogP contribution is -2.29. The lowest BCUT2D eigenvalue weighted by molar-refractivity contribution is -0.138. The molecule has 0 saturated carbocycles. The van der Waals surface area contributed by atoms with E-state index in [2.05, 4.69) is 11.8 Å². The number of rotatable bonds is 1. The summed E-state index contributed by atoms with van der Waals surface area (Å²) in [5.41, 5.74) is 1.32. The van der Waals surface area contributed by atoms with Crippen molar-refractivity contribution in [3.8, 4) is 11.8 Å². The van der Waals surface area contributed by atoms with Gasteiger partial charge in [-0.1, -0.05) is 24.1 Å². The second-order valence-electron chi connectivity index (χ2n) is 3.74. The normalized spacial score (nSPS) is 17.0. The third kappa shape index (κ3) is 1.87. The van der Waals surface area contributed by atoms with Gasteiger partial charge < -0.3 is 10.0 Å². The standard InChI is InChI=1S/C13H11NO3/c1-2-5-12(15)14-8-10(13(16)17)9-6-3-4-7-11(9)14/h3-4,6-7,10H,8H2,1H3,(H,16,17). The number of carbonyl (C=O) groups is 2. The van der Waals surface area contributed by atoms with Gasteiger partial charge in [0.2, 0.25) is 0 Å². The van der Waals surface area contributed by atoms with Crippen LogP contribution in [0.3, 0.4) is 0 Å². The van der Waals surface area contributed by atoms with E-state index in [0.717, 1.165) is 0 Å². The van der Waals surface area contributed by atoms with Crippen LogP contribution in [0.25, 0.3) is 0 Å². The first kappa shape index (κ1) is 11.2. The minimum atomic E-state index is -0.919. The Hall–Kier alpha value is -2.28. The number of benzene rings is 1. The van der Waals surface area contributed by atoms with E-state index in [1.165, 1.54) is 4.90 Å². The zero-order chi connectivity index (χ0) is 12.4. The molecular formula is C13H11NO3. The molecule has 1 aliphatic rings. The molecule has 0 radical (unpaired) electrons. The summed E-state index contributed by atoms with van der Waals surface area (Å²) in [7, 11) is 0. The predicted octanol–water partition coefficient (Wildman–Crippen LogP) is 1.22. The summed E-state index contributed by atoms with van der Waals surface area (Å²) >= 11 is 0. The van der Waals surface area contributed by atoms with E-state index in [1.807, 2.05) is 0 Å². The maximum atomic E-state index is 11.7. The zero-order valence-electron chi connectivity index (χ0n) is 9.30. The highest BCUT2D eigenvalue weighted by molar-refractivity contribution is 6.08. The molecule has 4 nitrogen and oxygen atoms in total. The largest absolute Gasteiger partial charge is 0.481 e. The number of amides is 1. The van der Waals surface area contributed by atoms with Gasteiger partial charge in [-0.3, -0.25) is 9.59 Å². The van der Waals surface area contributed by atoms with E-state index >= 15 is 0 Å². The first-order valence-electron chi connectivity index (χ1n) is 5.21. The summed E-state index contributed by atoms with van der Waals surface area (Å²) in [6.07, 6.45) is 0. The van der Waals surface area contributed by atoms with Gasteiger partial charge >= 0.3 is 11.9 Å². The molecule has 1 aromatic carbocycles. The van der Waals surface area contributed by atoms with Crippen molar-refractivity contribution in [1.29, 1.82) is 0 Å². The van der Waals surface area contributed by atoms with Gasteiger partial charge in [0.05, 0.1) is 0 Å². The van der Waals surface area contributed by atoms with Crippen LogP contribution in [0.1, 0.15) is 18.4 Å². The van der Waals surface area contributed by atoms with E-state index < -0.39 is 11.9 Å². The predicted molar refractivity (Wildman–Crippen MR) is 62.6 cm³/mol. The molecule has 4 heteroatoms. The second kappa shape index (κ2) is 4.30. The number of nitrogens with zero attached hydrogens (tertiary/aromatic N) is 1. The summed E-state index contributed by atoms with van der Waals surface area (Å²) in [4.78, 5) is 24.3. The molecule has 17 heavy (non-hydrogen) atoms. The van der Waals surface area contributed by atoms with Crippen LogP contribution in [-0.4, -0.2) is 23.5 Å². The number of carbonyl (C=O) groups excluding carboxylic acids is 1. The molecule has 1 aliphatic heterocycles. The molecule has 86 valence electrons. The fraction of sp³-hybridized carbons (Fsp3) is 0.231. The number of para-hydroxylation sites is 1. The van der Waals surface area contributed by atoms with Crippen molar-refractivity contribution in [3.05, 3.63) is 29.8 Å². The van der Waals surface area contributed by atoms with Crippen LogP contribution in [-0.2, 0) is 9.59 Å². The van der Waals surface area contributed by atoms with Crippen molar-refractivity contribution in [2.75, 3.05) is 11.4 Å². The van der Waals surface area contributed by atoms with E-state index in [-0.39, 0.29) is 12.5 Å². The molecule has 0 fully saturated rings. The third-order valence-electron chi connectivity index (χ3n) is 2.74. The van der Waals surface area contributed by atoms with Gasteiger partial charge in [-0.2, -0.15) is 0 Å². The van der Waals surface area contributed by atoms with Crippen molar-refractivity contribution >= 4 is 17.6 Å². The van der Waals surface area contributed by atoms with Crippen molar-refractivity contribution in [1.82, 2.24) is 0 Å². The number of aliphatic carboxylic acids is 1. The average Bonchev–Trinajstić information content (AvgIpc) is 2.69. The van der Waals surface area contributed by atoms with Gasteiger partial charge in [-0.15, -0.1) is 0 Å². The summed E-state index contributed by atoms with van der Waals surface area (Å²) in [6.45, 7) is 1.73. The van der Waals surface area contributed by atoms with Crippen molar-refractivity contribution < 1.29 is 14.7 Å². The Morgan fingerprint density at radius 2 is 2.12 bits per heavy atom. The topological polar surface area (TPSA) is 57.6 Å². The van der Waals surface area contributed by atoms with Crippen LogP contribution < -0.4 is 4.90 Å². The van der Waals surface area contributed by atoms with Crippen LogP contribution in [0.4, 0.5) is 5.69 Å². The van der Waals surface area contributed by atoms with Gasteiger partial charge in [-0.25, -0.2) is 0 Å². The number of hydrogen-bond acceptors (Lipinski definition) is 2. The minimum Gasteiger partial charge on any atom is -0.481 e. The lowest BCUT2D eigenvalue weighted by atomic mass is 10.0. The van der Waals surface area contributed by atoms with E-state index in [1.54, 1.807) is 31.2 Å². The van der Waals surface area contributed by atoms with Crippen LogP contribution in [0.5, 0.6) is 0 Å². The van der Waals surface area contributed by atoms with Gasteiger partial charge in [0.15, 0.2) is 0 Å². The number of anilines is 1. The average molecular weight is 229 g/mol. The van der Waals surface area contributed by atoms with Gasteiger partial charge in [-0.05, 0) is 24.5 Å². The van der Waals surface area contributed by atoms with E-state index in [9.17, 15) is 9.59 Å². The Labute approximate surface area is 98.9 Å². The zero-order valence-corrected chi connectivity index (χ0v) is 9.30. The number of fused-ring (bicyclic) bond motifs is 1. The molecule has 0 spiro atoms. The molecule has 0 aliphatic carbocycles. The Bertz CT molecular complexity index is 539. The third-order valence-corrected chi connectivity index (χ3v) is 2.74. The summed E-state index contributed by atoms with van der Waals surface area (Å²) in [5, 5.41) is 9.12. The van der Waals surface area contributed by atoms with Crippen molar-refractivity contribution in [3.63, 3.8) is 0 Å². The van der Waals surface area contributed by atoms with Gasteiger partial charge in [0.1, 0.15) is 5.92 Å². The monoisotopic (exact) mass is 229 g/mol. The molecule has 1 atom stereocenters. The smallest absolute Gasteiger partial charge is 0.312 e. The first-order chi connectivity index (χ1) is 8.15. The molecule has 0 bridgehead atoms. The minimum absolute atomic E-state index is 0.155. The van der Waals surface area contributed by atoms with Gasteiger partial charge in [0.25, 0.3) is 0 Å². The number of carboxylic acids is 1. The summed E-state index contributed by atoms with van der Waals surface area (Å²) in [5.74, 6) is 3.03. The first-order valence-corrected chi connectivity index (χ1v) is 5.21. The quantitative estimate of drug-likeness (QED) is 0.737. The fourth-order valence-electron chi connectivity index (χ4n) is 1.99. The van der Waals surface area contributed by atoms with Crippen molar-refractivity contribution in [2.45, 2.75) is 12.8 Å². The Morgan fingerprint density at radius 3 is 2.76 bits per heavy atom. The molecule has 0 aromatic heterocycles. The second-order valence-corrected chi connectivity index (χ2v) is 3.74. The molecule has 1 N–H and O–H groups in total. The summed E-state index contributed by atoms with van der Waals surface area (Å²) in [6, 6.07) is 7.03. The highest BCUT2D eigenvalue weighted by atomic mass is 16.4. The van der Waals surface area contributed by atoms with Crippen LogP contribution >= 0.6 is 0 Å². The highest BCUT2D eigenvalue weighted by Gasteiger charge is 2.35. The van der Waals surface area contributed by atoms with E-state index in [4.69, 9.17) is 5.11 Å². The highest BCUT2D eigenvalue weighted by Crippen LogP contribution is 2.36. The van der Waals surface area contributed by atoms with Crippen molar-refractivity contribution in [2.24, 2.45) is 0 Å². The SMILES string of the molecule is CC#CC(=O)N1CC(C(=O)O)c2ccccc21. The van der Waals surface area contributed by atoms with Crippen LogP contribution in [0.15, 0.2) is 24.3 Å². The number of carboxylic acid groups (broad SMARTS) is 1. The number of hydrogen-bond donors (Lipinski definition) is 1. The lowest BCUT2D eigenvalue weighted by Gasteiger charge is -2.13. The molecule has 1 heterocycles. The maximum absolute atomic E-state index is 11.7.